The van der Waals surface area contributed by atoms with Gasteiger partial charge in [0.1, 0.15) is 11.5 Å². The number of hydrogen-bond acceptors (Lipinski definition) is 3. The van der Waals surface area contributed by atoms with Crippen LogP contribution in [0.25, 0.3) is 11.1 Å². The Morgan fingerprint density at radius 3 is 2.67 bits per heavy atom. The van der Waals surface area contributed by atoms with Gasteiger partial charge in [0.2, 0.25) is 5.91 Å². The van der Waals surface area contributed by atoms with Crippen LogP contribution in [-0.2, 0) is 11.2 Å². The number of halogens is 1. The molecule has 1 unspecified atom stereocenters. The quantitative estimate of drug-likeness (QED) is 0.536. The Balaban J connectivity index is 1.65. The van der Waals surface area contributed by atoms with Crippen LogP contribution in [0.3, 0.4) is 0 Å². The minimum absolute atomic E-state index is 0.0136. The van der Waals surface area contributed by atoms with E-state index in [1.54, 1.807) is 46.3 Å². The predicted molar refractivity (Wildman–Crippen MR) is 126 cm³/mol. The van der Waals surface area contributed by atoms with Crippen LogP contribution in [0.5, 0.6) is 0 Å². The Morgan fingerprint density at radius 2 is 1.91 bits per heavy atom. The third kappa shape index (κ3) is 5.17. The first-order valence-electron chi connectivity index (χ1n) is 11.0. The maximum Gasteiger partial charge on any atom is 0.272 e. The molecule has 4 rings (SSSR count). The van der Waals surface area contributed by atoms with Crippen molar-refractivity contribution >= 4 is 11.8 Å². The Hall–Kier alpha value is -3.80. The lowest BCUT2D eigenvalue weighted by atomic mass is 9.91. The fourth-order valence-corrected chi connectivity index (χ4v) is 4.27. The average molecular weight is 444 g/mol. The normalized spacial score (nSPS) is 16.4. The van der Waals surface area contributed by atoms with Gasteiger partial charge >= 0.3 is 0 Å². The van der Waals surface area contributed by atoms with Gasteiger partial charge < -0.3 is 9.80 Å². The fourth-order valence-electron chi connectivity index (χ4n) is 4.27. The van der Waals surface area contributed by atoms with Gasteiger partial charge in [0.25, 0.3) is 5.91 Å². The molecular formula is C27H26FN3O2. The van der Waals surface area contributed by atoms with Gasteiger partial charge in [0.15, 0.2) is 0 Å². The van der Waals surface area contributed by atoms with Crippen molar-refractivity contribution in [3.8, 4) is 11.1 Å². The van der Waals surface area contributed by atoms with Crippen molar-refractivity contribution in [1.29, 1.82) is 0 Å². The molecule has 0 radical (unpaired) electrons. The molecule has 2 heterocycles. The third-order valence-electron chi connectivity index (χ3n) is 5.88. The molecule has 1 fully saturated rings. The van der Waals surface area contributed by atoms with Crippen LogP contribution in [0.15, 0.2) is 85.6 Å². The summed E-state index contributed by atoms with van der Waals surface area (Å²) in [6, 6.07) is 19.4. The van der Waals surface area contributed by atoms with Crippen molar-refractivity contribution in [2.45, 2.75) is 6.42 Å². The zero-order chi connectivity index (χ0) is 23.2. The Labute approximate surface area is 193 Å². The molecule has 3 aromatic rings. The zero-order valence-corrected chi connectivity index (χ0v) is 18.4. The molecule has 1 saturated heterocycles. The highest BCUT2D eigenvalue weighted by molar-refractivity contribution is 5.93. The summed E-state index contributed by atoms with van der Waals surface area (Å²) in [7, 11) is 0. The summed E-state index contributed by atoms with van der Waals surface area (Å²) in [6.07, 6.45) is 3.73. The van der Waals surface area contributed by atoms with Crippen molar-refractivity contribution in [3.63, 3.8) is 0 Å². The van der Waals surface area contributed by atoms with Crippen molar-refractivity contribution < 1.29 is 14.0 Å². The van der Waals surface area contributed by atoms with E-state index in [9.17, 15) is 14.0 Å². The van der Waals surface area contributed by atoms with Gasteiger partial charge in [-0.3, -0.25) is 14.6 Å². The van der Waals surface area contributed by atoms with Gasteiger partial charge in [-0.25, -0.2) is 4.39 Å². The first kappa shape index (κ1) is 22.4. The number of pyridine rings is 1. The van der Waals surface area contributed by atoms with Crippen LogP contribution < -0.4 is 0 Å². The number of benzene rings is 2. The molecule has 1 aromatic heterocycles. The molecule has 2 aromatic carbocycles. The van der Waals surface area contributed by atoms with E-state index in [1.165, 1.54) is 12.1 Å². The molecule has 5 nitrogen and oxygen atoms in total. The van der Waals surface area contributed by atoms with Gasteiger partial charge in [0, 0.05) is 32.4 Å². The van der Waals surface area contributed by atoms with Gasteiger partial charge in [0.05, 0.1) is 5.92 Å². The lowest BCUT2D eigenvalue weighted by molar-refractivity contribution is -0.134. The minimum atomic E-state index is -0.435. The standard InChI is InChI=1S/C27H26FN3O2/c1-2-14-30-15-16-31(27(33)25-12-5-6-13-29-25)19-22(26(30)32)17-20-8-3-4-11-24(20)21-9-7-10-23(28)18-21/h2-13,18,22H,1,14-17,19H2. The Bertz CT molecular complexity index is 1150. The van der Waals surface area contributed by atoms with Gasteiger partial charge in [-0.15, -0.1) is 6.58 Å². The second-order valence-corrected chi connectivity index (χ2v) is 8.11. The lowest BCUT2D eigenvalue weighted by Gasteiger charge is -2.24. The largest absolute Gasteiger partial charge is 0.337 e. The summed E-state index contributed by atoms with van der Waals surface area (Å²) in [5.41, 5.74) is 2.94. The second kappa shape index (κ2) is 10.2. The maximum absolute atomic E-state index is 13.9. The first-order valence-corrected chi connectivity index (χ1v) is 11.0. The van der Waals surface area contributed by atoms with E-state index in [0.717, 1.165) is 16.7 Å². The summed E-state index contributed by atoms with van der Waals surface area (Å²) in [6.45, 7) is 5.35. The number of carbonyl (C=O) groups excluding carboxylic acids is 2. The van der Waals surface area contributed by atoms with E-state index >= 15 is 0 Å². The topological polar surface area (TPSA) is 53.5 Å². The monoisotopic (exact) mass is 443 g/mol. The molecule has 1 atom stereocenters. The van der Waals surface area contributed by atoms with Gasteiger partial charge in [-0.05, 0) is 47.4 Å². The number of nitrogens with zero attached hydrogens (tertiary/aromatic N) is 3. The second-order valence-electron chi connectivity index (χ2n) is 8.11. The Kier molecular flexibility index (Phi) is 6.93. The van der Waals surface area contributed by atoms with Gasteiger partial charge in [-0.2, -0.15) is 0 Å². The predicted octanol–water partition coefficient (Wildman–Crippen LogP) is 4.22. The molecule has 168 valence electrons. The molecule has 0 saturated carbocycles. The number of rotatable bonds is 6. The summed E-state index contributed by atoms with van der Waals surface area (Å²) < 4.78 is 13.9. The molecule has 33 heavy (non-hydrogen) atoms. The maximum atomic E-state index is 13.9. The van der Waals surface area contributed by atoms with E-state index in [2.05, 4.69) is 11.6 Å². The molecule has 6 heteroatoms. The number of hydrogen-bond donors (Lipinski definition) is 0. The van der Waals surface area contributed by atoms with E-state index in [1.807, 2.05) is 30.3 Å². The smallest absolute Gasteiger partial charge is 0.272 e. The van der Waals surface area contributed by atoms with Gasteiger partial charge in [-0.1, -0.05) is 48.5 Å². The first-order chi connectivity index (χ1) is 16.1. The molecule has 0 N–H and O–H groups in total. The number of carbonyl (C=O) groups is 2. The zero-order valence-electron chi connectivity index (χ0n) is 18.4. The lowest BCUT2D eigenvalue weighted by Crippen LogP contribution is -2.38. The molecule has 1 aliphatic rings. The van der Waals surface area contributed by atoms with Crippen LogP contribution in [0.4, 0.5) is 4.39 Å². The average Bonchev–Trinajstić information content (AvgIpc) is 2.99. The highest BCUT2D eigenvalue weighted by Gasteiger charge is 2.33. The highest BCUT2D eigenvalue weighted by Crippen LogP contribution is 2.28. The fraction of sp³-hybridized carbons (Fsp3) is 0.222. The van der Waals surface area contributed by atoms with Crippen LogP contribution in [0.2, 0.25) is 0 Å². The third-order valence-corrected chi connectivity index (χ3v) is 5.88. The van der Waals surface area contributed by atoms with Crippen LogP contribution >= 0.6 is 0 Å². The Morgan fingerprint density at radius 1 is 1.09 bits per heavy atom. The van der Waals surface area contributed by atoms with Crippen molar-refractivity contribution in [1.82, 2.24) is 14.8 Å². The van der Waals surface area contributed by atoms with Crippen molar-refractivity contribution in [2.75, 3.05) is 26.2 Å². The van der Waals surface area contributed by atoms with Crippen molar-refractivity contribution in [2.24, 2.45) is 5.92 Å². The van der Waals surface area contributed by atoms with Crippen molar-refractivity contribution in [3.05, 3.63) is 103 Å². The molecular weight excluding hydrogens is 417 g/mol. The molecule has 2 amide bonds. The highest BCUT2D eigenvalue weighted by atomic mass is 19.1. The summed E-state index contributed by atoms with van der Waals surface area (Å²) in [4.78, 5) is 34.2. The SMILES string of the molecule is C=CCN1CCN(C(=O)c2ccccn2)CC(Cc2ccccc2-c2cccc(F)c2)C1=O. The minimum Gasteiger partial charge on any atom is -0.337 e. The van der Waals surface area contributed by atoms with Crippen LogP contribution in [0.1, 0.15) is 16.1 Å². The van der Waals surface area contributed by atoms with Crippen LogP contribution in [0, 0.1) is 11.7 Å². The van der Waals surface area contributed by atoms with Crippen LogP contribution in [-0.4, -0.2) is 52.8 Å². The molecule has 1 aliphatic heterocycles. The summed E-state index contributed by atoms with van der Waals surface area (Å²) in [5.74, 6) is -0.945. The number of aromatic nitrogens is 1. The molecule has 0 bridgehead atoms. The van der Waals surface area contributed by atoms with E-state index in [0.29, 0.717) is 38.3 Å². The summed E-state index contributed by atoms with van der Waals surface area (Å²) in [5, 5.41) is 0. The van der Waals surface area contributed by atoms with E-state index in [4.69, 9.17) is 0 Å². The van der Waals surface area contributed by atoms with E-state index in [-0.39, 0.29) is 17.6 Å². The molecule has 0 aliphatic carbocycles. The molecule has 0 spiro atoms. The number of amides is 2. The van der Waals surface area contributed by atoms with E-state index < -0.39 is 5.92 Å². The summed E-state index contributed by atoms with van der Waals surface area (Å²) >= 11 is 0.